The molecule has 0 heterocycles. The molecule has 0 aromatic rings. The molecule has 0 amide bonds. The van der Waals surface area contributed by atoms with Crippen LogP contribution in [-0.2, 0) is 14.3 Å². The largest absolute Gasteiger partial charge is 0.469 e. The molecule has 0 saturated heterocycles. The van der Waals surface area contributed by atoms with Crippen LogP contribution in [0, 0.1) is 5.92 Å². The van der Waals surface area contributed by atoms with Crippen molar-refractivity contribution in [2.75, 3.05) is 40.5 Å². The van der Waals surface area contributed by atoms with E-state index in [-0.39, 0.29) is 5.97 Å². The number of nitrogens with zero attached hydrogens (tertiary/aromatic N) is 1. The third-order valence-electron chi connectivity index (χ3n) is 2.73. The van der Waals surface area contributed by atoms with Crippen molar-refractivity contribution in [1.29, 1.82) is 0 Å². The standard InChI is InChI=1S/C13H27NO3/c1-12(2)6-5-8-14(10-11-16-3)9-7-13(15)17-4/h12H,5-11H2,1-4H3. The van der Waals surface area contributed by atoms with Gasteiger partial charge in [-0.15, -0.1) is 0 Å². The molecule has 4 heteroatoms. The molecule has 0 radical (unpaired) electrons. The highest BCUT2D eigenvalue weighted by Crippen LogP contribution is 2.05. The number of hydrogen-bond acceptors (Lipinski definition) is 4. The Kier molecular flexibility index (Phi) is 10.2. The molecular formula is C13H27NO3. The van der Waals surface area contributed by atoms with Gasteiger partial charge < -0.3 is 14.4 Å². The summed E-state index contributed by atoms with van der Waals surface area (Å²) in [6.45, 7) is 7.84. The summed E-state index contributed by atoms with van der Waals surface area (Å²) in [4.78, 5) is 13.4. The third-order valence-corrected chi connectivity index (χ3v) is 2.73. The molecule has 102 valence electrons. The molecule has 0 N–H and O–H groups in total. The van der Waals surface area contributed by atoms with Crippen LogP contribution in [-0.4, -0.2) is 51.3 Å². The predicted molar refractivity (Wildman–Crippen MR) is 69.0 cm³/mol. The molecule has 17 heavy (non-hydrogen) atoms. The van der Waals surface area contributed by atoms with Crippen LogP contribution < -0.4 is 0 Å². The molecule has 0 aliphatic carbocycles. The maximum Gasteiger partial charge on any atom is 0.306 e. The molecule has 0 fully saturated rings. The maximum atomic E-state index is 11.1. The van der Waals surface area contributed by atoms with E-state index >= 15 is 0 Å². The van der Waals surface area contributed by atoms with Crippen molar-refractivity contribution in [3.63, 3.8) is 0 Å². The van der Waals surface area contributed by atoms with Crippen molar-refractivity contribution >= 4 is 5.97 Å². The lowest BCUT2D eigenvalue weighted by Gasteiger charge is -2.21. The first-order valence-corrected chi connectivity index (χ1v) is 6.38. The van der Waals surface area contributed by atoms with Gasteiger partial charge in [-0.3, -0.25) is 4.79 Å². The van der Waals surface area contributed by atoms with Crippen molar-refractivity contribution in [2.45, 2.75) is 33.1 Å². The Bertz CT molecular complexity index is 195. The quantitative estimate of drug-likeness (QED) is 0.551. The Balaban J connectivity index is 3.82. The maximum absolute atomic E-state index is 11.1. The Hall–Kier alpha value is -0.610. The first-order valence-electron chi connectivity index (χ1n) is 6.38. The Morgan fingerprint density at radius 3 is 2.41 bits per heavy atom. The van der Waals surface area contributed by atoms with Crippen LogP contribution in [0.4, 0.5) is 0 Å². The van der Waals surface area contributed by atoms with Crippen LogP contribution >= 0.6 is 0 Å². The summed E-state index contributed by atoms with van der Waals surface area (Å²) in [5.74, 6) is 0.594. The van der Waals surface area contributed by atoms with E-state index in [0.717, 1.165) is 25.6 Å². The van der Waals surface area contributed by atoms with Crippen LogP contribution in [0.25, 0.3) is 0 Å². The van der Waals surface area contributed by atoms with Crippen molar-refractivity contribution < 1.29 is 14.3 Å². The van der Waals surface area contributed by atoms with Crippen LogP contribution in [0.5, 0.6) is 0 Å². The average Bonchev–Trinajstić information content (AvgIpc) is 2.31. The topological polar surface area (TPSA) is 38.8 Å². The van der Waals surface area contributed by atoms with Gasteiger partial charge in [0.2, 0.25) is 0 Å². The number of carbonyl (C=O) groups excluding carboxylic acids is 1. The van der Waals surface area contributed by atoms with E-state index < -0.39 is 0 Å². The molecule has 0 bridgehead atoms. The zero-order valence-electron chi connectivity index (χ0n) is 11.7. The van der Waals surface area contributed by atoms with E-state index in [1.807, 2.05) is 0 Å². The normalized spacial score (nSPS) is 11.2. The van der Waals surface area contributed by atoms with Crippen LogP contribution in [0.2, 0.25) is 0 Å². The van der Waals surface area contributed by atoms with Crippen molar-refractivity contribution in [3.05, 3.63) is 0 Å². The van der Waals surface area contributed by atoms with E-state index in [1.165, 1.54) is 20.0 Å². The van der Waals surface area contributed by atoms with Gasteiger partial charge in [0.1, 0.15) is 0 Å². The van der Waals surface area contributed by atoms with Gasteiger partial charge in [0.05, 0.1) is 20.1 Å². The van der Waals surface area contributed by atoms with Crippen molar-refractivity contribution in [2.24, 2.45) is 5.92 Å². The van der Waals surface area contributed by atoms with Gasteiger partial charge in [0, 0.05) is 20.2 Å². The number of ether oxygens (including phenoxy) is 2. The van der Waals surface area contributed by atoms with Crippen LogP contribution in [0.1, 0.15) is 33.1 Å². The summed E-state index contributed by atoms with van der Waals surface area (Å²) in [7, 11) is 3.13. The highest BCUT2D eigenvalue weighted by molar-refractivity contribution is 5.69. The van der Waals surface area contributed by atoms with E-state index in [4.69, 9.17) is 4.74 Å². The monoisotopic (exact) mass is 245 g/mol. The van der Waals surface area contributed by atoms with E-state index in [2.05, 4.69) is 23.5 Å². The molecule has 0 spiro atoms. The Labute approximate surface area is 105 Å². The highest BCUT2D eigenvalue weighted by atomic mass is 16.5. The summed E-state index contributed by atoms with van der Waals surface area (Å²) in [5.41, 5.74) is 0. The summed E-state index contributed by atoms with van der Waals surface area (Å²) in [6.07, 6.45) is 2.85. The fraction of sp³-hybridized carbons (Fsp3) is 0.923. The molecule has 0 rings (SSSR count). The SMILES string of the molecule is COCCN(CCCC(C)C)CCC(=O)OC. The lowest BCUT2D eigenvalue weighted by molar-refractivity contribution is -0.141. The second kappa shape index (κ2) is 10.5. The smallest absolute Gasteiger partial charge is 0.306 e. The minimum absolute atomic E-state index is 0.142. The lowest BCUT2D eigenvalue weighted by Crippen LogP contribution is -2.31. The molecule has 4 nitrogen and oxygen atoms in total. The van der Waals surface area contributed by atoms with Gasteiger partial charge >= 0.3 is 5.97 Å². The van der Waals surface area contributed by atoms with Crippen LogP contribution in [0.3, 0.4) is 0 Å². The number of rotatable bonds is 10. The van der Waals surface area contributed by atoms with E-state index in [0.29, 0.717) is 13.0 Å². The lowest BCUT2D eigenvalue weighted by atomic mass is 10.1. The average molecular weight is 245 g/mol. The number of methoxy groups -OCH3 is 2. The molecule has 0 aromatic carbocycles. The van der Waals surface area contributed by atoms with Gasteiger partial charge in [-0.25, -0.2) is 0 Å². The highest BCUT2D eigenvalue weighted by Gasteiger charge is 2.08. The Morgan fingerprint density at radius 2 is 1.88 bits per heavy atom. The molecule has 0 aromatic heterocycles. The summed E-state index contributed by atoms with van der Waals surface area (Å²) in [6, 6.07) is 0. The fourth-order valence-electron chi connectivity index (χ4n) is 1.63. The molecule has 0 unspecified atom stereocenters. The summed E-state index contributed by atoms with van der Waals surface area (Å²) in [5, 5.41) is 0. The fourth-order valence-corrected chi connectivity index (χ4v) is 1.63. The van der Waals surface area contributed by atoms with Gasteiger partial charge in [-0.1, -0.05) is 13.8 Å². The van der Waals surface area contributed by atoms with Crippen molar-refractivity contribution in [1.82, 2.24) is 4.90 Å². The second-order valence-corrected chi connectivity index (χ2v) is 4.70. The molecule has 0 atom stereocenters. The first-order chi connectivity index (χ1) is 8.10. The molecular weight excluding hydrogens is 218 g/mol. The van der Waals surface area contributed by atoms with Crippen molar-refractivity contribution in [3.8, 4) is 0 Å². The van der Waals surface area contributed by atoms with Gasteiger partial charge in [-0.2, -0.15) is 0 Å². The van der Waals surface area contributed by atoms with Gasteiger partial charge in [0.15, 0.2) is 0 Å². The number of hydrogen-bond donors (Lipinski definition) is 0. The number of carbonyl (C=O) groups is 1. The van der Waals surface area contributed by atoms with E-state index in [9.17, 15) is 4.79 Å². The first kappa shape index (κ1) is 16.4. The zero-order chi connectivity index (χ0) is 13.1. The molecule has 0 aliphatic heterocycles. The second-order valence-electron chi connectivity index (χ2n) is 4.70. The number of esters is 1. The predicted octanol–water partition coefficient (Wildman–Crippen LogP) is 1.93. The van der Waals surface area contributed by atoms with Crippen LogP contribution in [0.15, 0.2) is 0 Å². The van der Waals surface area contributed by atoms with Gasteiger partial charge in [0.25, 0.3) is 0 Å². The third kappa shape index (κ3) is 10.3. The molecule has 0 saturated carbocycles. The molecule has 0 aliphatic rings. The minimum Gasteiger partial charge on any atom is -0.469 e. The minimum atomic E-state index is -0.142. The zero-order valence-corrected chi connectivity index (χ0v) is 11.7. The Morgan fingerprint density at radius 1 is 1.18 bits per heavy atom. The van der Waals surface area contributed by atoms with E-state index in [1.54, 1.807) is 7.11 Å². The summed E-state index contributed by atoms with van der Waals surface area (Å²) < 4.78 is 9.73. The van der Waals surface area contributed by atoms with Gasteiger partial charge in [-0.05, 0) is 25.3 Å². The summed E-state index contributed by atoms with van der Waals surface area (Å²) >= 11 is 0.